The zero-order chi connectivity index (χ0) is 14.3. The molecule has 1 aliphatic rings. The number of carbonyl (C=O) groups excluding carboxylic acids is 1. The van der Waals surface area contributed by atoms with Crippen molar-refractivity contribution >= 4 is 6.09 Å². The average Bonchev–Trinajstić information content (AvgIpc) is 2.53. The van der Waals surface area contributed by atoms with Crippen LogP contribution in [0.15, 0.2) is 0 Å². The molecule has 0 aliphatic carbocycles. The summed E-state index contributed by atoms with van der Waals surface area (Å²) in [5, 5.41) is 12.2. The summed E-state index contributed by atoms with van der Waals surface area (Å²) < 4.78 is 5.43. The van der Waals surface area contributed by atoms with Crippen LogP contribution in [-0.4, -0.2) is 54.0 Å². The Balaban J connectivity index is 2.46. The van der Waals surface area contributed by atoms with Crippen LogP contribution >= 0.6 is 0 Å². The molecule has 1 aliphatic heterocycles. The lowest BCUT2D eigenvalue weighted by atomic mass is 10.1. The fraction of sp³-hybridized carbons (Fsp3) is 0.929. The Morgan fingerprint density at radius 3 is 2.79 bits per heavy atom. The number of amides is 1. The monoisotopic (exact) mass is 272 g/mol. The lowest BCUT2D eigenvalue weighted by Crippen LogP contribution is -2.44. The number of likely N-dealkylation sites (tertiary alicyclic amines) is 1. The van der Waals surface area contributed by atoms with Crippen molar-refractivity contribution < 1.29 is 14.6 Å². The summed E-state index contributed by atoms with van der Waals surface area (Å²) in [7, 11) is 0. The fourth-order valence-corrected chi connectivity index (χ4v) is 2.19. The average molecular weight is 272 g/mol. The van der Waals surface area contributed by atoms with E-state index in [1.54, 1.807) is 4.90 Å². The molecule has 0 spiro atoms. The standard InChI is InChI=1S/C14H28N2O3/c1-14(2,3)19-13(18)16-9-5-4-7-12(11-16)15-8-6-10-17/h12,15,17H,4-11H2,1-3H3. The molecular formula is C14H28N2O3. The van der Waals surface area contributed by atoms with Crippen LogP contribution in [0.1, 0.15) is 46.5 Å². The normalized spacial score (nSPS) is 21.1. The molecule has 0 aromatic heterocycles. The largest absolute Gasteiger partial charge is 0.444 e. The van der Waals surface area contributed by atoms with Gasteiger partial charge in [0.1, 0.15) is 5.60 Å². The number of hydrogen-bond acceptors (Lipinski definition) is 4. The first-order chi connectivity index (χ1) is 8.92. The minimum atomic E-state index is -0.441. The van der Waals surface area contributed by atoms with Crippen LogP contribution in [0.4, 0.5) is 4.79 Å². The second kappa shape index (κ2) is 7.70. The van der Waals surface area contributed by atoms with Gasteiger partial charge in [-0.05, 0) is 46.6 Å². The Hall–Kier alpha value is -0.810. The van der Waals surface area contributed by atoms with Gasteiger partial charge in [0.15, 0.2) is 0 Å². The summed E-state index contributed by atoms with van der Waals surface area (Å²) in [5.41, 5.74) is -0.441. The highest BCUT2D eigenvalue weighted by atomic mass is 16.6. The van der Waals surface area contributed by atoms with E-state index in [1.807, 2.05) is 20.8 Å². The summed E-state index contributed by atoms with van der Waals surface area (Å²) in [4.78, 5) is 13.9. The van der Waals surface area contributed by atoms with Crippen molar-refractivity contribution in [3.8, 4) is 0 Å². The molecule has 0 aromatic rings. The molecule has 1 unspecified atom stereocenters. The number of ether oxygens (including phenoxy) is 1. The van der Waals surface area contributed by atoms with Crippen molar-refractivity contribution in [3.63, 3.8) is 0 Å². The molecule has 112 valence electrons. The molecule has 0 radical (unpaired) electrons. The second-order valence-corrected chi connectivity index (χ2v) is 6.15. The molecule has 0 saturated carbocycles. The highest BCUT2D eigenvalue weighted by Crippen LogP contribution is 2.15. The molecule has 1 atom stereocenters. The third kappa shape index (κ3) is 6.78. The smallest absolute Gasteiger partial charge is 0.410 e. The van der Waals surface area contributed by atoms with Crippen LogP contribution in [0.2, 0.25) is 0 Å². The molecule has 0 aromatic carbocycles. The first kappa shape index (κ1) is 16.2. The molecule has 0 bridgehead atoms. The van der Waals surface area contributed by atoms with Crippen molar-refractivity contribution in [3.05, 3.63) is 0 Å². The first-order valence-electron chi connectivity index (χ1n) is 7.24. The Morgan fingerprint density at radius 1 is 1.42 bits per heavy atom. The van der Waals surface area contributed by atoms with Gasteiger partial charge in [-0.3, -0.25) is 0 Å². The highest BCUT2D eigenvalue weighted by Gasteiger charge is 2.25. The zero-order valence-corrected chi connectivity index (χ0v) is 12.4. The van der Waals surface area contributed by atoms with Gasteiger partial charge in [0.2, 0.25) is 0 Å². The Labute approximate surface area is 116 Å². The fourth-order valence-electron chi connectivity index (χ4n) is 2.19. The van der Waals surface area contributed by atoms with Crippen LogP contribution in [0.25, 0.3) is 0 Å². The van der Waals surface area contributed by atoms with Crippen molar-refractivity contribution in [2.75, 3.05) is 26.2 Å². The van der Waals surface area contributed by atoms with E-state index >= 15 is 0 Å². The van der Waals surface area contributed by atoms with Crippen molar-refractivity contribution in [2.45, 2.75) is 58.1 Å². The van der Waals surface area contributed by atoms with Crippen molar-refractivity contribution in [2.24, 2.45) is 0 Å². The lowest BCUT2D eigenvalue weighted by Gasteiger charge is -2.28. The SMILES string of the molecule is CC(C)(C)OC(=O)N1CCCCC(NCCCO)C1. The number of carbonyl (C=O) groups is 1. The Morgan fingerprint density at radius 2 is 2.16 bits per heavy atom. The van der Waals surface area contributed by atoms with E-state index < -0.39 is 5.60 Å². The molecule has 5 nitrogen and oxygen atoms in total. The number of nitrogens with zero attached hydrogens (tertiary/aromatic N) is 1. The summed E-state index contributed by atoms with van der Waals surface area (Å²) in [6, 6.07) is 0.307. The van der Waals surface area contributed by atoms with Gasteiger partial charge in [0, 0.05) is 25.7 Å². The van der Waals surface area contributed by atoms with E-state index in [-0.39, 0.29) is 12.7 Å². The maximum absolute atomic E-state index is 12.1. The predicted octanol–water partition coefficient (Wildman–Crippen LogP) is 1.75. The van der Waals surface area contributed by atoms with Gasteiger partial charge >= 0.3 is 6.09 Å². The topological polar surface area (TPSA) is 61.8 Å². The molecule has 1 heterocycles. The van der Waals surface area contributed by atoms with E-state index in [9.17, 15) is 4.79 Å². The first-order valence-corrected chi connectivity index (χ1v) is 7.24. The Bertz CT molecular complexity index is 276. The van der Waals surface area contributed by atoms with Gasteiger partial charge in [-0.1, -0.05) is 6.42 Å². The third-order valence-electron chi connectivity index (χ3n) is 3.09. The molecule has 2 N–H and O–H groups in total. The van der Waals surface area contributed by atoms with Crippen LogP contribution in [0.3, 0.4) is 0 Å². The van der Waals surface area contributed by atoms with Gasteiger partial charge in [-0.15, -0.1) is 0 Å². The van der Waals surface area contributed by atoms with E-state index in [4.69, 9.17) is 9.84 Å². The summed E-state index contributed by atoms with van der Waals surface area (Å²) in [6.45, 7) is 8.13. The third-order valence-corrected chi connectivity index (χ3v) is 3.09. The maximum atomic E-state index is 12.1. The molecule has 1 rings (SSSR count). The number of nitrogens with one attached hydrogen (secondary N) is 1. The van der Waals surface area contributed by atoms with Crippen molar-refractivity contribution in [1.82, 2.24) is 10.2 Å². The van der Waals surface area contributed by atoms with E-state index in [0.717, 1.165) is 38.8 Å². The number of aliphatic hydroxyl groups is 1. The van der Waals surface area contributed by atoms with E-state index in [2.05, 4.69) is 5.32 Å². The number of rotatable bonds is 4. The molecule has 19 heavy (non-hydrogen) atoms. The second-order valence-electron chi connectivity index (χ2n) is 6.15. The van der Waals surface area contributed by atoms with E-state index in [1.165, 1.54) is 0 Å². The quantitative estimate of drug-likeness (QED) is 0.765. The molecule has 1 amide bonds. The Kier molecular flexibility index (Phi) is 6.58. The summed E-state index contributed by atoms with van der Waals surface area (Å²) in [6.07, 6.45) is 3.75. The van der Waals surface area contributed by atoms with Gasteiger partial charge < -0.3 is 20.1 Å². The summed E-state index contributed by atoms with van der Waals surface area (Å²) in [5.74, 6) is 0. The number of hydrogen-bond donors (Lipinski definition) is 2. The molecular weight excluding hydrogens is 244 g/mol. The minimum absolute atomic E-state index is 0.204. The van der Waals surface area contributed by atoms with Crippen LogP contribution in [-0.2, 0) is 4.74 Å². The van der Waals surface area contributed by atoms with Crippen LogP contribution in [0.5, 0.6) is 0 Å². The van der Waals surface area contributed by atoms with Gasteiger partial charge in [-0.2, -0.15) is 0 Å². The van der Waals surface area contributed by atoms with Crippen LogP contribution in [0, 0.1) is 0 Å². The van der Waals surface area contributed by atoms with Gasteiger partial charge in [0.05, 0.1) is 0 Å². The van der Waals surface area contributed by atoms with E-state index in [0.29, 0.717) is 12.6 Å². The molecule has 1 saturated heterocycles. The van der Waals surface area contributed by atoms with Gasteiger partial charge in [-0.25, -0.2) is 4.79 Å². The van der Waals surface area contributed by atoms with Gasteiger partial charge in [0.25, 0.3) is 0 Å². The minimum Gasteiger partial charge on any atom is -0.444 e. The summed E-state index contributed by atoms with van der Waals surface area (Å²) >= 11 is 0. The molecule has 1 fully saturated rings. The van der Waals surface area contributed by atoms with Crippen molar-refractivity contribution in [1.29, 1.82) is 0 Å². The lowest BCUT2D eigenvalue weighted by molar-refractivity contribution is 0.0243. The number of aliphatic hydroxyl groups excluding tert-OH is 1. The zero-order valence-electron chi connectivity index (χ0n) is 12.4. The molecule has 5 heteroatoms. The maximum Gasteiger partial charge on any atom is 0.410 e. The highest BCUT2D eigenvalue weighted by molar-refractivity contribution is 5.68. The predicted molar refractivity (Wildman–Crippen MR) is 75.2 cm³/mol. The van der Waals surface area contributed by atoms with Crippen LogP contribution < -0.4 is 5.32 Å².